The molecule has 3 heterocycles. The number of rotatable bonds is 6. The fourth-order valence-electron chi connectivity index (χ4n) is 2.79. The molecule has 0 bridgehead atoms. The molecule has 10 nitrogen and oxygen atoms in total. The summed E-state index contributed by atoms with van der Waals surface area (Å²) >= 11 is 1.50. The second kappa shape index (κ2) is 8.47. The van der Waals surface area contributed by atoms with E-state index in [4.69, 9.17) is 4.52 Å². The summed E-state index contributed by atoms with van der Waals surface area (Å²) in [5.74, 6) is 2.10. The number of piperidine rings is 1. The van der Waals surface area contributed by atoms with Crippen LogP contribution in [0.15, 0.2) is 9.68 Å². The van der Waals surface area contributed by atoms with Crippen molar-refractivity contribution < 1.29 is 9.32 Å². The van der Waals surface area contributed by atoms with E-state index in [-0.39, 0.29) is 18.0 Å². The van der Waals surface area contributed by atoms with Crippen LogP contribution in [0.5, 0.6) is 0 Å². The van der Waals surface area contributed by atoms with Crippen molar-refractivity contribution in [1.29, 1.82) is 0 Å². The maximum Gasteiger partial charge on any atom is 0.318 e. The number of carbonyl (C=O) groups excluding carboxylic acids is 1. The smallest absolute Gasteiger partial charge is 0.318 e. The number of amides is 2. The summed E-state index contributed by atoms with van der Waals surface area (Å²) in [4.78, 5) is 18.9. The van der Waals surface area contributed by atoms with Crippen molar-refractivity contribution in [2.75, 3.05) is 18.8 Å². The van der Waals surface area contributed by atoms with Gasteiger partial charge in [-0.05, 0) is 29.7 Å². The van der Waals surface area contributed by atoms with Gasteiger partial charge in [0.1, 0.15) is 6.04 Å². The van der Waals surface area contributed by atoms with Gasteiger partial charge in [-0.15, -0.1) is 5.10 Å². The van der Waals surface area contributed by atoms with Gasteiger partial charge in [-0.3, -0.25) is 0 Å². The van der Waals surface area contributed by atoms with Crippen molar-refractivity contribution >= 4 is 17.8 Å². The largest absolute Gasteiger partial charge is 0.337 e. The molecule has 0 spiro atoms. The minimum Gasteiger partial charge on any atom is -0.337 e. The average Bonchev–Trinajstić information content (AvgIpc) is 3.28. The van der Waals surface area contributed by atoms with Crippen molar-refractivity contribution in [1.82, 2.24) is 40.6 Å². The second-order valence-electron chi connectivity index (χ2n) is 6.52. The SMILES string of the molecule is CC(C)c1noc(C2CCCCN2C(=O)NCCSc2nnnn2C)n1. The number of hydrogen-bond acceptors (Lipinski definition) is 8. The second-order valence-corrected chi connectivity index (χ2v) is 7.58. The number of tetrazole rings is 1. The lowest BCUT2D eigenvalue weighted by Crippen LogP contribution is -2.45. The molecule has 11 heteroatoms. The Morgan fingerprint density at radius 3 is 2.96 bits per heavy atom. The maximum atomic E-state index is 12.6. The van der Waals surface area contributed by atoms with Crippen LogP contribution in [0.25, 0.3) is 0 Å². The van der Waals surface area contributed by atoms with Crippen LogP contribution in [0.2, 0.25) is 0 Å². The van der Waals surface area contributed by atoms with Gasteiger partial charge < -0.3 is 14.7 Å². The van der Waals surface area contributed by atoms with Crippen LogP contribution < -0.4 is 5.32 Å². The summed E-state index contributed by atoms with van der Waals surface area (Å²) in [7, 11) is 1.79. The van der Waals surface area contributed by atoms with E-state index in [1.807, 2.05) is 13.8 Å². The normalized spacial score (nSPS) is 17.7. The van der Waals surface area contributed by atoms with Crippen LogP contribution in [0.4, 0.5) is 4.79 Å². The van der Waals surface area contributed by atoms with Gasteiger partial charge in [0, 0.05) is 31.8 Å². The molecule has 26 heavy (non-hydrogen) atoms. The molecule has 1 aliphatic heterocycles. The Kier molecular flexibility index (Phi) is 6.07. The first-order chi connectivity index (χ1) is 12.6. The molecule has 3 rings (SSSR count). The van der Waals surface area contributed by atoms with Crippen LogP contribution >= 0.6 is 11.8 Å². The monoisotopic (exact) mass is 380 g/mol. The Labute approximate surface area is 156 Å². The van der Waals surface area contributed by atoms with E-state index in [0.717, 1.165) is 24.4 Å². The molecular weight excluding hydrogens is 356 g/mol. The highest BCUT2D eigenvalue weighted by Gasteiger charge is 2.32. The first-order valence-electron chi connectivity index (χ1n) is 8.79. The molecule has 0 radical (unpaired) electrons. The predicted octanol–water partition coefficient (Wildman–Crippen LogP) is 1.75. The molecule has 1 fully saturated rings. The molecule has 0 aliphatic carbocycles. The summed E-state index contributed by atoms with van der Waals surface area (Å²) in [6.45, 7) is 5.26. The summed E-state index contributed by atoms with van der Waals surface area (Å²) in [6, 6.07) is -0.255. The van der Waals surface area contributed by atoms with Crippen molar-refractivity contribution in [2.24, 2.45) is 7.05 Å². The van der Waals surface area contributed by atoms with Gasteiger partial charge in [0.15, 0.2) is 5.82 Å². The van der Waals surface area contributed by atoms with Crippen molar-refractivity contribution in [3.63, 3.8) is 0 Å². The Morgan fingerprint density at radius 1 is 1.42 bits per heavy atom. The Balaban J connectivity index is 1.54. The lowest BCUT2D eigenvalue weighted by atomic mass is 10.0. The number of thioether (sulfide) groups is 1. The van der Waals surface area contributed by atoms with Crippen molar-refractivity contribution in [3.05, 3.63) is 11.7 Å². The van der Waals surface area contributed by atoms with Crippen LogP contribution in [-0.2, 0) is 7.05 Å². The third-order valence-corrected chi connectivity index (χ3v) is 5.23. The highest BCUT2D eigenvalue weighted by atomic mass is 32.2. The number of hydrogen-bond donors (Lipinski definition) is 1. The van der Waals surface area contributed by atoms with E-state index in [1.165, 1.54) is 11.8 Å². The van der Waals surface area contributed by atoms with E-state index in [1.54, 1.807) is 16.6 Å². The number of aryl methyl sites for hydroxylation is 1. The van der Waals surface area contributed by atoms with Crippen LogP contribution in [0.3, 0.4) is 0 Å². The number of likely N-dealkylation sites (tertiary alicyclic amines) is 1. The zero-order valence-corrected chi connectivity index (χ0v) is 16.1. The van der Waals surface area contributed by atoms with Crippen LogP contribution in [0, 0.1) is 0 Å². The molecule has 1 N–H and O–H groups in total. The van der Waals surface area contributed by atoms with E-state index < -0.39 is 0 Å². The first-order valence-corrected chi connectivity index (χ1v) is 9.78. The molecule has 1 unspecified atom stereocenters. The summed E-state index contributed by atoms with van der Waals surface area (Å²) in [5.41, 5.74) is 0. The molecule has 0 saturated carbocycles. The molecule has 1 aliphatic rings. The van der Waals surface area contributed by atoms with Gasteiger partial charge in [-0.1, -0.05) is 30.8 Å². The van der Waals surface area contributed by atoms with E-state index in [2.05, 4.69) is 31.0 Å². The molecule has 142 valence electrons. The van der Waals surface area contributed by atoms with Crippen LogP contribution in [-0.4, -0.2) is 60.1 Å². The van der Waals surface area contributed by atoms with Gasteiger partial charge in [0.25, 0.3) is 0 Å². The highest BCUT2D eigenvalue weighted by Crippen LogP contribution is 2.30. The zero-order valence-electron chi connectivity index (χ0n) is 15.3. The lowest BCUT2D eigenvalue weighted by Gasteiger charge is -2.33. The fourth-order valence-corrected chi connectivity index (χ4v) is 3.50. The molecule has 2 aromatic rings. The third kappa shape index (κ3) is 4.32. The number of urea groups is 1. The number of nitrogens with one attached hydrogen (secondary N) is 1. The summed E-state index contributed by atoms with van der Waals surface area (Å²) in [6.07, 6.45) is 2.86. The van der Waals surface area contributed by atoms with Gasteiger partial charge in [0.2, 0.25) is 11.0 Å². The van der Waals surface area contributed by atoms with E-state index in [0.29, 0.717) is 30.6 Å². The molecular formula is C15H24N8O2S. The van der Waals surface area contributed by atoms with Crippen molar-refractivity contribution in [3.8, 4) is 0 Å². The third-order valence-electron chi connectivity index (χ3n) is 4.21. The predicted molar refractivity (Wildman–Crippen MR) is 94.6 cm³/mol. The minimum atomic E-state index is -0.153. The Morgan fingerprint density at radius 2 is 2.27 bits per heavy atom. The highest BCUT2D eigenvalue weighted by molar-refractivity contribution is 7.99. The quantitative estimate of drug-likeness (QED) is 0.595. The van der Waals surface area contributed by atoms with Gasteiger partial charge in [-0.25, -0.2) is 9.48 Å². The maximum absolute atomic E-state index is 12.6. The minimum absolute atomic E-state index is 0.101. The summed E-state index contributed by atoms with van der Waals surface area (Å²) < 4.78 is 7.03. The summed E-state index contributed by atoms with van der Waals surface area (Å²) in [5, 5.41) is 19.0. The standard InChI is InChI=1S/C15H24N8O2S/c1-10(2)12-17-13(25-19-12)11-6-4-5-8-23(11)14(24)16-7-9-26-15-18-20-21-22(15)3/h10-11H,4-9H2,1-3H3,(H,16,24). The zero-order chi connectivity index (χ0) is 18.5. The molecule has 1 atom stereocenters. The Hall–Kier alpha value is -2.17. The molecule has 0 aromatic carbocycles. The topological polar surface area (TPSA) is 115 Å². The molecule has 1 saturated heterocycles. The van der Waals surface area contributed by atoms with Gasteiger partial charge in [-0.2, -0.15) is 4.98 Å². The van der Waals surface area contributed by atoms with E-state index >= 15 is 0 Å². The van der Waals surface area contributed by atoms with Crippen molar-refractivity contribution in [2.45, 2.75) is 50.2 Å². The number of carbonyl (C=O) groups is 1. The first kappa shape index (κ1) is 18.6. The lowest BCUT2D eigenvalue weighted by molar-refractivity contribution is 0.132. The average molecular weight is 380 g/mol. The van der Waals surface area contributed by atoms with Gasteiger partial charge in [0.05, 0.1) is 0 Å². The molecule has 2 aromatic heterocycles. The Bertz CT molecular complexity index is 731. The van der Waals surface area contributed by atoms with Crippen LogP contribution in [0.1, 0.15) is 56.8 Å². The fraction of sp³-hybridized carbons (Fsp3) is 0.733. The van der Waals surface area contributed by atoms with E-state index in [9.17, 15) is 4.79 Å². The number of aromatic nitrogens is 6. The molecule has 2 amide bonds. The van der Waals surface area contributed by atoms with Gasteiger partial charge >= 0.3 is 6.03 Å². The number of nitrogens with zero attached hydrogens (tertiary/aromatic N) is 7.